The van der Waals surface area contributed by atoms with E-state index in [0.717, 1.165) is 13.0 Å². The predicted molar refractivity (Wildman–Crippen MR) is 73.1 cm³/mol. The van der Waals surface area contributed by atoms with Crippen LogP contribution in [-0.2, 0) is 15.4 Å². The van der Waals surface area contributed by atoms with E-state index in [4.69, 9.17) is 11.5 Å². The van der Waals surface area contributed by atoms with Crippen LogP contribution in [0.1, 0.15) is 19.4 Å². The number of alkyl halides is 1. The first-order valence-corrected chi connectivity index (χ1v) is 7.47. The Morgan fingerprint density at radius 3 is 2.45 bits per heavy atom. The largest absolute Gasteiger partial charge is 0.399 e. The van der Waals surface area contributed by atoms with E-state index in [2.05, 4.69) is 4.99 Å². The van der Waals surface area contributed by atoms with Crippen molar-refractivity contribution in [2.75, 3.05) is 11.5 Å². The van der Waals surface area contributed by atoms with Gasteiger partial charge in [-0.05, 0) is 32.0 Å². The van der Waals surface area contributed by atoms with Crippen LogP contribution in [0.3, 0.4) is 0 Å². The third kappa shape index (κ3) is 2.04. The third-order valence-corrected chi connectivity index (χ3v) is 5.77. The van der Waals surface area contributed by atoms with Gasteiger partial charge in [0.25, 0.3) is 5.00 Å². The van der Waals surface area contributed by atoms with Crippen LogP contribution in [-0.4, -0.2) is 25.0 Å². The predicted octanol–water partition coefficient (Wildman–Crippen LogP) is 1.09. The zero-order valence-electron chi connectivity index (χ0n) is 11.0. The molecule has 1 aliphatic heterocycles. The summed E-state index contributed by atoms with van der Waals surface area (Å²) in [6.07, 6.45) is 0. The maximum Gasteiger partial charge on any atom is 0.263 e. The third-order valence-electron chi connectivity index (χ3n) is 3.45. The van der Waals surface area contributed by atoms with E-state index >= 15 is 0 Å². The number of sulfone groups is 1. The number of hydrogen-bond donors (Lipinski definition) is 2. The monoisotopic (exact) mass is 303 g/mol. The molecule has 5 nitrogen and oxygen atoms in total. The van der Waals surface area contributed by atoms with Crippen molar-refractivity contribution in [3.8, 4) is 0 Å². The van der Waals surface area contributed by atoms with E-state index in [1.807, 2.05) is 0 Å². The van der Waals surface area contributed by atoms with Crippen molar-refractivity contribution in [3.05, 3.63) is 29.6 Å². The summed E-state index contributed by atoms with van der Waals surface area (Å²) in [5.74, 6) is -2.04. The molecule has 0 spiro atoms. The molecule has 0 saturated carbocycles. The molecular weight excluding hydrogens is 288 g/mol. The van der Waals surface area contributed by atoms with Crippen molar-refractivity contribution in [1.82, 2.24) is 0 Å². The number of hydrogen-bond acceptors (Lipinski definition) is 5. The van der Waals surface area contributed by atoms with Crippen LogP contribution in [0.5, 0.6) is 0 Å². The van der Waals surface area contributed by atoms with Crippen LogP contribution in [0.15, 0.2) is 23.2 Å². The molecule has 2 atom stereocenters. The number of anilines is 1. The minimum atomic E-state index is -4.23. The maximum atomic E-state index is 14.1. The Morgan fingerprint density at radius 2 is 1.90 bits per heavy atom. The Hall–Kier alpha value is -1.70. The lowest BCUT2D eigenvalue weighted by Crippen LogP contribution is -2.54. The van der Waals surface area contributed by atoms with Gasteiger partial charge in [0, 0.05) is 11.3 Å². The van der Waals surface area contributed by atoms with E-state index < -0.39 is 37.8 Å². The highest BCUT2D eigenvalue weighted by Crippen LogP contribution is 2.38. The average Bonchev–Trinajstić information content (AvgIpc) is 2.29. The standard InChI is InChI=1S/C12H15F2N3O2S/c1-11(8-5-7(15)3-4-9(8)13)6-20(18,19)12(2,14)10(16)17-11/h3-5H,6,15H2,1-2H3,(H2,16,17)/t11-,12+/m0/s1. The lowest BCUT2D eigenvalue weighted by molar-refractivity contribution is 0.354. The first-order chi connectivity index (χ1) is 8.99. The highest BCUT2D eigenvalue weighted by molar-refractivity contribution is 7.93. The Balaban J connectivity index is 2.69. The normalized spacial score (nSPS) is 32.7. The van der Waals surface area contributed by atoms with Crippen molar-refractivity contribution in [2.24, 2.45) is 10.7 Å². The van der Waals surface area contributed by atoms with E-state index in [-0.39, 0.29) is 11.3 Å². The van der Waals surface area contributed by atoms with Gasteiger partial charge in [-0.1, -0.05) is 0 Å². The van der Waals surface area contributed by atoms with Crippen molar-refractivity contribution < 1.29 is 17.2 Å². The molecule has 1 heterocycles. The number of aliphatic imine (C=N–C) groups is 1. The summed E-state index contributed by atoms with van der Waals surface area (Å²) in [7, 11) is -4.23. The van der Waals surface area contributed by atoms with Crippen LogP contribution in [0.4, 0.5) is 14.5 Å². The van der Waals surface area contributed by atoms with Gasteiger partial charge in [-0.15, -0.1) is 0 Å². The highest BCUT2D eigenvalue weighted by Gasteiger charge is 2.52. The molecule has 0 radical (unpaired) electrons. The fraction of sp³-hybridized carbons (Fsp3) is 0.417. The van der Waals surface area contributed by atoms with E-state index in [0.29, 0.717) is 0 Å². The van der Waals surface area contributed by atoms with Crippen LogP contribution in [0, 0.1) is 5.82 Å². The molecule has 0 unspecified atom stereocenters. The lowest BCUT2D eigenvalue weighted by Gasteiger charge is -2.35. The van der Waals surface area contributed by atoms with Gasteiger partial charge in [-0.3, -0.25) is 4.99 Å². The second kappa shape index (κ2) is 4.15. The van der Waals surface area contributed by atoms with E-state index in [1.165, 1.54) is 19.1 Å². The minimum absolute atomic E-state index is 0.0282. The highest BCUT2D eigenvalue weighted by atomic mass is 32.2. The molecule has 0 bridgehead atoms. The topological polar surface area (TPSA) is 98.5 Å². The quantitative estimate of drug-likeness (QED) is 0.759. The second-order valence-electron chi connectivity index (χ2n) is 5.19. The summed E-state index contributed by atoms with van der Waals surface area (Å²) in [6.45, 7) is 2.21. The second-order valence-corrected chi connectivity index (χ2v) is 7.47. The number of halogens is 2. The summed E-state index contributed by atoms with van der Waals surface area (Å²) in [5.41, 5.74) is 9.73. The molecule has 1 aromatic rings. The first kappa shape index (κ1) is 14.7. The zero-order chi connectivity index (χ0) is 15.3. The van der Waals surface area contributed by atoms with Crippen LogP contribution >= 0.6 is 0 Å². The smallest absolute Gasteiger partial charge is 0.263 e. The maximum absolute atomic E-state index is 14.1. The van der Waals surface area contributed by atoms with Gasteiger partial charge >= 0.3 is 0 Å². The summed E-state index contributed by atoms with van der Waals surface area (Å²) in [5, 5.41) is -2.75. The fourth-order valence-corrected chi connectivity index (χ4v) is 3.75. The van der Waals surface area contributed by atoms with Gasteiger partial charge < -0.3 is 11.5 Å². The number of nitrogen functional groups attached to an aromatic ring is 1. The molecule has 110 valence electrons. The van der Waals surface area contributed by atoms with Gasteiger partial charge in [0.15, 0.2) is 9.84 Å². The van der Waals surface area contributed by atoms with Gasteiger partial charge in [0.1, 0.15) is 17.2 Å². The number of rotatable bonds is 1. The molecular formula is C12H15F2N3O2S. The molecule has 0 saturated heterocycles. The van der Waals surface area contributed by atoms with Gasteiger partial charge in [-0.25, -0.2) is 17.2 Å². The Labute approximate surface area is 115 Å². The molecule has 0 aliphatic carbocycles. The van der Waals surface area contributed by atoms with Crippen molar-refractivity contribution >= 4 is 21.4 Å². The average molecular weight is 303 g/mol. The fourth-order valence-electron chi connectivity index (χ4n) is 2.16. The van der Waals surface area contributed by atoms with Gasteiger partial charge in [0.05, 0.1) is 5.75 Å². The van der Waals surface area contributed by atoms with E-state index in [9.17, 15) is 17.2 Å². The zero-order valence-corrected chi connectivity index (χ0v) is 11.8. The molecule has 0 amide bonds. The minimum Gasteiger partial charge on any atom is -0.399 e. The van der Waals surface area contributed by atoms with E-state index in [1.54, 1.807) is 0 Å². The molecule has 0 aromatic heterocycles. The Kier molecular flexibility index (Phi) is 3.05. The number of amidine groups is 1. The van der Waals surface area contributed by atoms with Crippen molar-refractivity contribution in [1.29, 1.82) is 0 Å². The van der Waals surface area contributed by atoms with Gasteiger partial charge in [0.2, 0.25) is 0 Å². The summed E-state index contributed by atoms with van der Waals surface area (Å²) in [6, 6.07) is 3.73. The van der Waals surface area contributed by atoms with Gasteiger partial charge in [-0.2, -0.15) is 0 Å². The van der Waals surface area contributed by atoms with Crippen LogP contribution in [0.25, 0.3) is 0 Å². The molecule has 1 aromatic carbocycles. The molecule has 4 N–H and O–H groups in total. The number of nitrogens with zero attached hydrogens (tertiary/aromatic N) is 1. The van der Waals surface area contributed by atoms with Crippen molar-refractivity contribution in [3.63, 3.8) is 0 Å². The van der Waals surface area contributed by atoms with Crippen molar-refractivity contribution in [2.45, 2.75) is 24.4 Å². The summed E-state index contributed by atoms with van der Waals surface area (Å²) in [4.78, 5) is 3.88. The molecule has 8 heteroatoms. The summed E-state index contributed by atoms with van der Waals surface area (Å²) >= 11 is 0. The SMILES string of the molecule is C[C@]1(F)C(N)=N[C@](C)(c2cc(N)ccc2F)CS1(=O)=O. The Morgan fingerprint density at radius 1 is 1.30 bits per heavy atom. The number of benzene rings is 1. The molecule has 0 fully saturated rings. The number of nitrogens with two attached hydrogens (primary N) is 2. The summed E-state index contributed by atoms with van der Waals surface area (Å²) < 4.78 is 52.1. The Bertz CT molecular complexity index is 701. The van der Waals surface area contributed by atoms with Crippen LogP contribution < -0.4 is 11.5 Å². The van der Waals surface area contributed by atoms with Crippen LogP contribution in [0.2, 0.25) is 0 Å². The lowest BCUT2D eigenvalue weighted by atomic mass is 9.93. The first-order valence-electron chi connectivity index (χ1n) is 5.82. The molecule has 20 heavy (non-hydrogen) atoms. The molecule has 2 rings (SSSR count). The molecule has 1 aliphatic rings.